The number of rotatable bonds is 7. The first-order chi connectivity index (χ1) is 9.54. The highest BCUT2D eigenvalue weighted by Gasteiger charge is 2.05. The maximum Gasteiger partial charge on any atom is 0.240 e. The molecule has 4 nitrogen and oxygen atoms in total. The summed E-state index contributed by atoms with van der Waals surface area (Å²) in [6, 6.07) is 3.45. The second-order valence-electron chi connectivity index (χ2n) is 4.43. The van der Waals surface area contributed by atoms with Gasteiger partial charge < -0.3 is 5.11 Å². The van der Waals surface area contributed by atoms with Crippen molar-refractivity contribution in [3.05, 3.63) is 26.6 Å². The van der Waals surface area contributed by atoms with Crippen LogP contribution in [0.4, 0.5) is 0 Å². The summed E-state index contributed by atoms with van der Waals surface area (Å²) >= 11 is 6.56. The molecule has 0 unspecified atom stereocenters. The van der Waals surface area contributed by atoms with Gasteiger partial charge >= 0.3 is 0 Å². The van der Waals surface area contributed by atoms with Gasteiger partial charge in [0.15, 0.2) is 0 Å². The van der Waals surface area contributed by atoms with Gasteiger partial charge in [0.1, 0.15) is 5.75 Å². The van der Waals surface area contributed by atoms with Gasteiger partial charge in [-0.2, -0.15) is 5.10 Å². The van der Waals surface area contributed by atoms with Crippen molar-refractivity contribution < 1.29 is 9.90 Å². The predicted molar refractivity (Wildman–Crippen MR) is 88.0 cm³/mol. The highest BCUT2D eigenvalue weighted by molar-refractivity contribution is 9.11. The van der Waals surface area contributed by atoms with E-state index < -0.39 is 0 Å². The molecule has 20 heavy (non-hydrogen) atoms. The lowest BCUT2D eigenvalue weighted by Gasteiger charge is -2.03. The second kappa shape index (κ2) is 9.13. The summed E-state index contributed by atoms with van der Waals surface area (Å²) in [5.41, 5.74) is 2.99. The number of phenolic OH excluding ortho intramolecular Hbond substituents is 1. The summed E-state index contributed by atoms with van der Waals surface area (Å²) in [6.45, 7) is 2.13. The molecular formula is C14H18Br2N2O2. The lowest BCUT2D eigenvalue weighted by molar-refractivity contribution is -0.121. The SMILES string of the molecule is CCCCCCC(=O)N/N=C\c1cc(Br)cc(Br)c1O. The minimum Gasteiger partial charge on any atom is -0.506 e. The molecule has 0 heterocycles. The van der Waals surface area contributed by atoms with Gasteiger partial charge in [0, 0.05) is 16.5 Å². The number of benzene rings is 1. The molecule has 0 fully saturated rings. The number of unbranched alkanes of at least 4 members (excludes halogenated alkanes) is 3. The molecule has 0 bridgehead atoms. The highest BCUT2D eigenvalue weighted by atomic mass is 79.9. The Balaban J connectivity index is 2.47. The Morgan fingerprint density at radius 3 is 2.80 bits per heavy atom. The van der Waals surface area contributed by atoms with Crippen molar-refractivity contribution in [3.63, 3.8) is 0 Å². The number of nitrogens with zero attached hydrogens (tertiary/aromatic N) is 1. The predicted octanol–water partition coefficient (Wildman–Crippen LogP) is 4.34. The number of halogens is 2. The Morgan fingerprint density at radius 2 is 2.10 bits per heavy atom. The minimum atomic E-state index is -0.106. The van der Waals surface area contributed by atoms with Crippen LogP contribution in [-0.2, 0) is 4.79 Å². The molecule has 2 N–H and O–H groups in total. The largest absolute Gasteiger partial charge is 0.506 e. The van der Waals surface area contributed by atoms with Gasteiger partial charge in [0.2, 0.25) is 5.91 Å². The van der Waals surface area contributed by atoms with Crippen LogP contribution >= 0.6 is 31.9 Å². The number of carbonyl (C=O) groups is 1. The van der Waals surface area contributed by atoms with E-state index in [4.69, 9.17) is 0 Å². The normalized spacial score (nSPS) is 10.9. The number of phenols is 1. The first-order valence-electron chi connectivity index (χ1n) is 6.54. The molecule has 0 radical (unpaired) electrons. The average molecular weight is 406 g/mol. The topological polar surface area (TPSA) is 61.7 Å². The standard InChI is InChI=1S/C14H18Br2N2O2/c1-2-3-4-5-6-13(19)18-17-9-10-7-11(15)8-12(16)14(10)20/h7-9,20H,2-6H2,1H3,(H,18,19)/b17-9-. The summed E-state index contributed by atoms with van der Waals surface area (Å²) in [5.74, 6) is -0.0138. The molecule has 0 saturated heterocycles. The second-order valence-corrected chi connectivity index (χ2v) is 6.20. The number of hydrazone groups is 1. The van der Waals surface area contributed by atoms with Crippen LogP contribution in [0.3, 0.4) is 0 Å². The van der Waals surface area contributed by atoms with Crippen molar-refractivity contribution in [2.24, 2.45) is 5.10 Å². The lowest BCUT2D eigenvalue weighted by Crippen LogP contribution is -2.16. The summed E-state index contributed by atoms with van der Waals surface area (Å²) in [4.78, 5) is 11.5. The van der Waals surface area contributed by atoms with Gasteiger partial charge in [0.25, 0.3) is 0 Å². The Bertz CT molecular complexity index is 490. The number of amides is 1. The molecule has 1 aromatic rings. The van der Waals surface area contributed by atoms with Crippen LogP contribution in [0.1, 0.15) is 44.6 Å². The van der Waals surface area contributed by atoms with E-state index in [1.165, 1.54) is 6.21 Å². The van der Waals surface area contributed by atoms with Gasteiger partial charge in [0.05, 0.1) is 10.7 Å². The monoisotopic (exact) mass is 404 g/mol. The Hall–Kier alpha value is -0.880. The molecule has 1 aromatic carbocycles. The molecule has 0 aliphatic carbocycles. The van der Waals surface area contributed by atoms with E-state index in [2.05, 4.69) is 49.3 Å². The molecule has 0 aromatic heterocycles. The van der Waals surface area contributed by atoms with Crippen molar-refractivity contribution in [1.82, 2.24) is 5.43 Å². The fourth-order valence-electron chi connectivity index (χ4n) is 1.63. The summed E-state index contributed by atoms with van der Waals surface area (Å²) in [6.07, 6.45) is 6.14. The first kappa shape index (κ1) is 17.2. The number of aromatic hydroxyl groups is 1. The van der Waals surface area contributed by atoms with Gasteiger partial charge in [-0.15, -0.1) is 0 Å². The summed E-state index contributed by atoms with van der Waals surface area (Å²) in [5, 5.41) is 13.7. The molecule has 0 spiro atoms. The maximum absolute atomic E-state index is 11.5. The fourth-order valence-corrected chi connectivity index (χ4v) is 2.88. The van der Waals surface area contributed by atoms with Gasteiger partial charge in [-0.05, 0) is 34.5 Å². The third-order valence-electron chi connectivity index (χ3n) is 2.71. The van der Waals surface area contributed by atoms with E-state index in [0.29, 0.717) is 16.5 Å². The third kappa shape index (κ3) is 6.05. The van der Waals surface area contributed by atoms with Gasteiger partial charge in [-0.1, -0.05) is 42.1 Å². The zero-order valence-electron chi connectivity index (χ0n) is 11.3. The Morgan fingerprint density at radius 1 is 1.35 bits per heavy atom. The Kier molecular flexibility index (Phi) is 7.84. The van der Waals surface area contributed by atoms with E-state index in [0.717, 1.165) is 30.2 Å². The highest BCUT2D eigenvalue weighted by Crippen LogP contribution is 2.30. The zero-order valence-corrected chi connectivity index (χ0v) is 14.5. The van der Waals surface area contributed by atoms with Crippen molar-refractivity contribution >= 4 is 44.0 Å². The van der Waals surface area contributed by atoms with Crippen molar-refractivity contribution in [2.75, 3.05) is 0 Å². The van der Waals surface area contributed by atoms with Gasteiger partial charge in [-0.25, -0.2) is 5.43 Å². The number of carbonyl (C=O) groups excluding carboxylic acids is 1. The van der Waals surface area contributed by atoms with E-state index in [1.54, 1.807) is 12.1 Å². The van der Waals surface area contributed by atoms with Crippen molar-refractivity contribution in [2.45, 2.75) is 39.0 Å². The van der Waals surface area contributed by atoms with Crippen molar-refractivity contribution in [3.8, 4) is 5.75 Å². The fraction of sp³-hybridized carbons (Fsp3) is 0.429. The molecule has 0 saturated carbocycles. The smallest absolute Gasteiger partial charge is 0.240 e. The Labute approximate surface area is 135 Å². The van der Waals surface area contributed by atoms with Crippen LogP contribution in [0.2, 0.25) is 0 Å². The van der Waals surface area contributed by atoms with E-state index in [1.807, 2.05) is 0 Å². The molecule has 110 valence electrons. The molecular weight excluding hydrogens is 388 g/mol. The minimum absolute atomic E-state index is 0.0918. The van der Waals surface area contributed by atoms with Crippen LogP contribution in [0, 0.1) is 0 Å². The molecule has 1 amide bonds. The number of nitrogens with one attached hydrogen (secondary N) is 1. The molecule has 6 heteroatoms. The molecule has 0 atom stereocenters. The van der Waals surface area contributed by atoms with Crippen LogP contribution in [-0.4, -0.2) is 17.2 Å². The van der Waals surface area contributed by atoms with Gasteiger partial charge in [-0.3, -0.25) is 4.79 Å². The van der Waals surface area contributed by atoms with E-state index in [-0.39, 0.29) is 11.7 Å². The summed E-state index contributed by atoms with van der Waals surface area (Å²) < 4.78 is 1.38. The lowest BCUT2D eigenvalue weighted by atomic mass is 10.1. The molecule has 0 aliphatic heterocycles. The third-order valence-corrected chi connectivity index (χ3v) is 3.77. The first-order valence-corrected chi connectivity index (χ1v) is 8.13. The number of hydrogen-bond acceptors (Lipinski definition) is 3. The van der Waals surface area contributed by atoms with Crippen LogP contribution in [0.15, 0.2) is 26.2 Å². The number of hydrogen-bond donors (Lipinski definition) is 2. The zero-order chi connectivity index (χ0) is 15.0. The molecule has 0 aliphatic rings. The van der Waals surface area contributed by atoms with Crippen LogP contribution in [0.25, 0.3) is 0 Å². The van der Waals surface area contributed by atoms with E-state index in [9.17, 15) is 9.90 Å². The van der Waals surface area contributed by atoms with Crippen LogP contribution < -0.4 is 5.43 Å². The summed E-state index contributed by atoms with van der Waals surface area (Å²) in [7, 11) is 0. The quantitative estimate of drug-likeness (QED) is 0.402. The molecule has 1 rings (SSSR count). The maximum atomic E-state index is 11.5. The van der Waals surface area contributed by atoms with Crippen molar-refractivity contribution in [1.29, 1.82) is 0 Å². The van der Waals surface area contributed by atoms with E-state index >= 15 is 0 Å². The average Bonchev–Trinajstić information content (AvgIpc) is 2.40. The van der Waals surface area contributed by atoms with Crippen LogP contribution in [0.5, 0.6) is 5.75 Å².